The number of amides is 4. The Balaban J connectivity index is 2.29. The van der Waals surface area contributed by atoms with E-state index in [0.29, 0.717) is 0 Å². The van der Waals surface area contributed by atoms with E-state index in [2.05, 4.69) is 5.32 Å². The van der Waals surface area contributed by atoms with Crippen LogP contribution in [0.3, 0.4) is 0 Å². The van der Waals surface area contributed by atoms with Crippen molar-refractivity contribution in [3.8, 4) is 0 Å². The van der Waals surface area contributed by atoms with Gasteiger partial charge in [-0.15, -0.1) is 0 Å². The number of nitrogens with one attached hydrogen (secondary N) is 2. The summed E-state index contributed by atoms with van der Waals surface area (Å²) in [6.07, 6.45) is 0.279. The Bertz CT molecular complexity index is 486. The van der Waals surface area contributed by atoms with Crippen LogP contribution in [0.2, 0.25) is 0 Å². The fraction of sp³-hybridized carbons (Fsp3) is 0.308. The van der Waals surface area contributed by atoms with Crippen LogP contribution in [0.15, 0.2) is 24.3 Å². The maximum absolute atomic E-state index is 11.6. The van der Waals surface area contributed by atoms with Crippen molar-refractivity contribution in [3.05, 3.63) is 35.4 Å². The number of aryl methyl sites for hydroxylation is 1. The number of primary amides is 1. The highest BCUT2D eigenvalue weighted by atomic mass is 16.2. The lowest BCUT2D eigenvalue weighted by atomic mass is 10.1. The van der Waals surface area contributed by atoms with E-state index < -0.39 is 11.9 Å². The van der Waals surface area contributed by atoms with Crippen LogP contribution in [-0.2, 0) is 16.0 Å². The van der Waals surface area contributed by atoms with Crippen LogP contribution in [0.4, 0.5) is 4.79 Å². The molecule has 0 saturated heterocycles. The lowest BCUT2D eigenvalue weighted by molar-refractivity contribution is -0.121. The number of carbonyl (C=O) groups excluding carboxylic acids is 3. The third-order valence-electron chi connectivity index (χ3n) is 2.38. The van der Waals surface area contributed by atoms with E-state index in [9.17, 15) is 14.4 Å². The molecule has 0 bridgehead atoms. The Morgan fingerprint density at radius 3 is 2.58 bits per heavy atom. The SMILES string of the molecule is Cc1cccc(CC(=O)NCCC(=O)NC(N)=O)c1. The summed E-state index contributed by atoms with van der Waals surface area (Å²) >= 11 is 0. The van der Waals surface area contributed by atoms with E-state index in [4.69, 9.17) is 5.73 Å². The van der Waals surface area contributed by atoms with Gasteiger partial charge in [-0.3, -0.25) is 14.9 Å². The van der Waals surface area contributed by atoms with E-state index in [1.165, 1.54) is 0 Å². The van der Waals surface area contributed by atoms with Crippen molar-refractivity contribution in [2.75, 3.05) is 6.54 Å². The van der Waals surface area contributed by atoms with Gasteiger partial charge in [-0.25, -0.2) is 4.79 Å². The number of benzene rings is 1. The van der Waals surface area contributed by atoms with E-state index >= 15 is 0 Å². The molecule has 0 atom stereocenters. The molecule has 0 aliphatic heterocycles. The molecule has 0 aliphatic rings. The zero-order chi connectivity index (χ0) is 14.3. The minimum absolute atomic E-state index is 0.0164. The number of hydrogen-bond donors (Lipinski definition) is 3. The van der Waals surface area contributed by atoms with Crippen LogP contribution in [0, 0.1) is 6.92 Å². The average Bonchev–Trinajstić information content (AvgIpc) is 2.27. The largest absolute Gasteiger partial charge is 0.355 e. The monoisotopic (exact) mass is 263 g/mol. The molecule has 0 unspecified atom stereocenters. The fourth-order valence-corrected chi connectivity index (χ4v) is 1.59. The zero-order valence-electron chi connectivity index (χ0n) is 10.7. The van der Waals surface area contributed by atoms with Gasteiger partial charge in [-0.05, 0) is 12.5 Å². The van der Waals surface area contributed by atoms with Crippen LogP contribution >= 0.6 is 0 Å². The minimum atomic E-state index is -0.893. The molecule has 0 aliphatic carbocycles. The van der Waals surface area contributed by atoms with Gasteiger partial charge >= 0.3 is 6.03 Å². The summed E-state index contributed by atoms with van der Waals surface area (Å²) in [4.78, 5) is 33.1. The molecular weight excluding hydrogens is 246 g/mol. The quantitative estimate of drug-likeness (QED) is 0.709. The van der Waals surface area contributed by atoms with Crippen molar-refractivity contribution in [2.45, 2.75) is 19.8 Å². The molecule has 102 valence electrons. The van der Waals surface area contributed by atoms with E-state index in [1.54, 1.807) is 0 Å². The first-order valence-corrected chi connectivity index (χ1v) is 5.89. The van der Waals surface area contributed by atoms with Crippen LogP contribution in [0.25, 0.3) is 0 Å². The number of rotatable bonds is 5. The van der Waals surface area contributed by atoms with E-state index in [1.807, 2.05) is 36.5 Å². The normalized spacial score (nSPS) is 9.74. The van der Waals surface area contributed by atoms with Gasteiger partial charge in [0.2, 0.25) is 11.8 Å². The maximum Gasteiger partial charge on any atom is 0.318 e. The molecule has 4 amide bonds. The summed E-state index contributed by atoms with van der Waals surface area (Å²) < 4.78 is 0. The fourth-order valence-electron chi connectivity index (χ4n) is 1.59. The van der Waals surface area contributed by atoms with Crippen LogP contribution in [0.5, 0.6) is 0 Å². The number of nitrogens with two attached hydrogens (primary N) is 1. The zero-order valence-corrected chi connectivity index (χ0v) is 10.7. The van der Waals surface area contributed by atoms with Crippen molar-refractivity contribution in [3.63, 3.8) is 0 Å². The highest BCUT2D eigenvalue weighted by Gasteiger charge is 2.06. The van der Waals surface area contributed by atoms with Crippen molar-refractivity contribution in [1.29, 1.82) is 0 Å². The van der Waals surface area contributed by atoms with Crippen LogP contribution in [-0.4, -0.2) is 24.4 Å². The predicted molar refractivity (Wildman–Crippen MR) is 70.2 cm³/mol. The molecule has 0 saturated carbocycles. The second-order valence-corrected chi connectivity index (χ2v) is 4.18. The lowest BCUT2D eigenvalue weighted by Gasteiger charge is -2.05. The number of imide groups is 1. The summed E-state index contributed by atoms with van der Waals surface area (Å²) in [6, 6.07) is 6.75. The minimum Gasteiger partial charge on any atom is -0.355 e. The first-order chi connectivity index (χ1) is 8.97. The molecule has 6 nitrogen and oxygen atoms in total. The van der Waals surface area contributed by atoms with E-state index in [-0.39, 0.29) is 25.3 Å². The van der Waals surface area contributed by atoms with Gasteiger partial charge in [0.1, 0.15) is 0 Å². The van der Waals surface area contributed by atoms with Crippen LogP contribution < -0.4 is 16.4 Å². The Hall–Kier alpha value is -2.37. The first-order valence-electron chi connectivity index (χ1n) is 5.89. The molecule has 0 fully saturated rings. The van der Waals surface area contributed by atoms with Gasteiger partial charge < -0.3 is 11.1 Å². The molecule has 19 heavy (non-hydrogen) atoms. The maximum atomic E-state index is 11.6. The number of urea groups is 1. The third kappa shape index (κ3) is 6.21. The summed E-state index contributed by atoms with van der Waals surface area (Å²) in [5.41, 5.74) is 6.79. The molecule has 0 aromatic heterocycles. The van der Waals surface area contributed by atoms with Crippen LogP contribution in [0.1, 0.15) is 17.5 Å². The summed E-state index contributed by atoms with van der Waals surface area (Å²) in [5.74, 6) is -0.680. The molecule has 0 spiro atoms. The van der Waals surface area contributed by atoms with Gasteiger partial charge in [0.25, 0.3) is 0 Å². The Morgan fingerprint density at radius 2 is 1.95 bits per heavy atom. The molecule has 6 heteroatoms. The number of carbonyl (C=O) groups is 3. The smallest absolute Gasteiger partial charge is 0.318 e. The Morgan fingerprint density at radius 1 is 1.21 bits per heavy atom. The molecule has 0 radical (unpaired) electrons. The van der Waals surface area contributed by atoms with Crippen molar-refractivity contribution < 1.29 is 14.4 Å². The molecule has 1 rings (SSSR count). The average molecular weight is 263 g/mol. The second kappa shape index (κ2) is 7.15. The van der Waals surface area contributed by atoms with Gasteiger partial charge in [0.15, 0.2) is 0 Å². The Labute approximate surface area is 111 Å². The molecule has 0 heterocycles. The molecular formula is C13H17N3O3. The third-order valence-corrected chi connectivity index (χ3v) is 2.38. The highest BCUT2D eigenvalue weighted by Crippen LogP contribution is 2.04. The van der Waals surface area contributed by atoms with Crippen molar-refractivity contribution in [2.24, 2.45) is 5.73 Å². The molecule has 4 N–H and O–H groups in total. The topological polar surface area (TPSA) is 101 Å². The standard InChI is InChI=1S/C13H17N3O3/c1-9-3-2-4-10(7-9)8-12(18)15-6-5-11(17)16-13(14)19/h2-4,7H,5-6,8H2,1H3,(H,15,18)(H3,14,16,17,19). The summed E-state index contributed by atoms with van der Waals surface area (Å²) in [7, 11) is 0. The highest BCUT2D eigenvalue weighted by molar-refractivity contribution is 5.93. The van der Waals surface area contributed by atoms with E-state index in [0.717, 1.165) is 11.1 Å². The van der Waals surface area contributed by atoms with Gasteiger partial charge in [-0.2, -0.15) is 0 Å². The lowest BCUT2D eigenvalue weighted by Crippen LogP contribution is -2.37. The van der Waals surface area contributed by atoms with Gasteiger partial charge in [-0.1, -0.05) is 29.8 Å². The molecule has 1 aromatic carbocycles. The Kier molecular flexibility index (Phi) is 5.53. The molecule has 1 aromatic rings. The van der Waals surface area contributed by atoms with Gasteiger partial charge in [0, 0.05) is 13.0 Å². The predicted octanol–water partition coefficient (Wildman–Crippen LogP) is 0.239. The first kappa shape index (κ1) is 14.7. The second-order valence-electron chi connectivity index (χ2n) is 4.18. The van der Waals surface area contributed by atoms with Crippen molar-refractivity contribution in [1.82, 2.24) is 10.6 Å². The van der Waals surface area contributed by atoms with Crippen molar-refractivity contribution >= 4 is 17.8 Å². The number of hydrogen-bond acceptors (Lipinski definition) is 3. The summed E-state index contributed by atoms with van der Waals surface area (Å²) in [6.45, 7) is 2.12. The summed E-state index contributed by atoms with van der Waals surface area (Å²) in [5, 5.41) is 4.53. The van der Waals surface area contributed by atoms with Gasteiger partial charge in [0.05, 0.1) is 6.42 Å².